The normalized spacial score (nSPS) is 12.9. The minimum atomic E-state index is -4.33. The van der Waals surface area contributed by atoms with Crippen molar-refractivity contribution in [2.24, 2.45) is 5.16 Å². The fourth-order valence-electron chi connectivity index (χ4n) is 1.19. The number of nitrogens with zero attached hydrogens (tertiary/aromatic N) is 1. The zero-order valence-corrected chi connectivity index (χ0v) is 8.04. The van der Waals surface area contributed by atoms with Gasteiger partial charge in [0.15, 0.2) is 0 Å². The third-order valence-corrected chi connectivity index (χ3v) is 1.88. The second kappa shape index (κ2) is 4.33. The molecular formula is C10H10F3NO. The van der Waals surface area contributed by atoms with Crippen LogP contribution in [-0.2, 0) is 12.6 Å². The quantitative estimate of drug-likeness (QED) is 0.461. The molecule has 1 aromatic carbocycles. The number of oxime groups is 1. The molecule has 0 amide bonds. The molecular weight excluding hydrogens is 207 g/mol. The van der Waals surface area contributed by atoms with E-state index in [4.69, 9.17) is 5.21 Å². The number of benzene rings is 1. The van der Waals surface area contributed by atoms with Gasteiger partial charge in [-0.1, -0.05) is 23.4 Å². The summed E-state index contributed by atoms with van der Waals surface area (Å²) in [7, 11) is 0. The van der Waals surface area contributed by atoms with Crippen molar-refractivity contribution in [1.29, 1.82) is 0 Å². The first-order chi connectivity index (χ1) is 6.93. The van der Waals surface area contributed by atoms with Gasteiger partial charge in [-0.15, -0.1) is 0 Å². The van der Waals surface area contributed by atoms with Gasteiger partial charge in [0.05, 0.1) is 11.3 Å². The highest BCUT2D eigenvalue weighted by Crippen LogP contribution is 2.29. The Labute approximate surface area is 85.0 Å². The van der Waals surface area contributed by atoms with Crippen LogP contribution in [0.5, 0.6) is 0 Å². The minimum Gasteiger partial charge on any atom is -0.411 e. The number of alkyl halides is 3. The van der Waals surface area contributed by atoms with Gasteiger partial charge in [-0.3, -0.25) is 0 Å². The molecule has 1 aromatic rings. The summed E-state index contributed by atoms with van der Waals surface area (Å²) >= 11 is 0. The Morgan fingerprint density at radius 2 is 2.07 bits per heavy atom. The summed E-state index contributed by atoms with van der Waals surface area (Å²) in [6, 6.07) is 4.95. The predicted molar refractivity (Wildman–Crippen MR) is 50.0 cm³/mol. The van der Waals surface area contributed by atoms with Crippen LogP contribution in [0.4, 0.5) is 13.2 Å². The molecule has 0 aliphatic carbocycles. The van der Waals surface area contributed by atoms with Crippen LogP contribution in [0.2, 0.25) is 0 Å². The van der Waals surface area contributed by atoms with Gasteiger partial charge < -0.3 is 5.21 Å². The van der Waals surface area contributed by atoms with Gasteiger partial charge >= 0.3 is 6.18 Å². The van der Waals surface area contributed by atoms with Gasteiger partial charge in [0.25, 0.3) is 0 Å². The second-order valence-corrected chi connectivity index (χ2v) is 3.21. The van der Waals surface area contributed by atoms with Crippen LogP contribution in [0.25, 0.3) is 0 Å². The van der Waals surface area contributed by atoms with E-state index in [1.807, 2.05) is 0 Å². The second-order valence-electron chi connectivity index (χ2n) is 3.21. The number of hydrogen-bond acceptors (Lipinski definition) is 2. The van der Waals surface area contributed by atoms with Crippen LogP contribution in [0.15, 0.2) is 29.4 Å². The summed E-state index contributed by atoms with van der Waals surface area (Å²) < 4.78 is 36.9. The molecule has 15 heavy (non-hydrogen) atoms. The first-order valence-corrected chi connectivity index (χ1v) is 4.27. The summed E-state index contributed by atoms with van der Waals surface area (Å²) in [6.07, 6.45) is -4.12. The van der Waals surface area contributed by atoms with Gasteiger partial charge in [0, 0.05) is 6.42 Å². The standard InChI is InChI=1S/C10H10F3NO/c1-7(14-15)5-8-3-2-4-9(6-8)10(11,12)13/h2-4,6,15H,5H2,1H3/b14-7-. The van der Waals surface area contributed by atoms with Gasteiger partial charge in [0.1, 0.15) is 0 Å². The van der Waals surface area contributed by atoms with Gasteiger partial charge in [0.2, 0.25) is 0 Å². The van der Waals surface area contributed by atoms with E-state index in [1.54, 1.807) is 13.0 Å². The molecule has 0 aliphatic rings. The molecule has 0 bridgehead atoms. The summed E-state index contributed by atoms with van der Waals surface area (Å²) in [5.74, 6) is 0. The lowest BCUT2D eigenvalue weighted by atomic mass is 10.1. The smallest absolute Gasteiger partial charge is 0.411 e. The highest BCUT2D eigenvalue weighted by Gasteiger charge is 2.30. The van der Waals surface area contributed by atoms with Crippen LogP contribution in [0, 0.1) is 0 Å². The molecule has 0 fully saturated rings. The molecule has 0 saturated heterocycles. The lowest BCUT2D eigenvalue weighted by Crippen LogP contribution is -2.06. The summed E-state index contributed by atoms with van der Waals surface area (Å²) in [4.78, 5) is 0. The number of hydrogen-bond donors (Lipinski definition) is 1. The van der Waals surface area contributed by atoms with Crippen molar-refractivity contribution < 1.29 is 18.4 Å². The maximum Gasteiger partial charge on any atom is 0.416 e. The zero-order valence-electron chi connectivity index (χ0n) is 8.04. The molecule has 0 aromatic heterocycles. The highest BCUT2D eigenvalue weighted by atomic mass is 19.4. The topological polar surface area (TPSA) is 32.6 Å². The Bertz CT molecular complexity index is 371. The molecule has 0 atom stereocenters. The molecule has 0 unspecified atom stereocenters. The van der Waals surface area contributed by atoms with Crippen molar-refractivity contribution in [3.8, 4) is 0 Å². The maximum atomic E-state index is 12.3. The SMILES string of the molecule is C/C(Cc1cccc(C(F)(F)F)c1)=N/O. The molecule has 5 heteroatoms. The van der Waals surface area contributed by atoms with E-state index in [9.17, 15) is 13.2 Å². The van der Waals surface area contributed by atoms with E-state index in [0.717, 1.165) is 12.1 Å². The molecule has 0 spiro atoms. The maximum absolute atomic E-state index is 12.3. The van der Waals surface area contributed by atoms with Crippen molar-refractivity contribution >= 4 is 5.71 Å². The van der Waals surface area contributed by atoms with Crippen LogP contribution in [0.1, 0.15) is 18.1 Å². The molecule has 0 radical (unpaired) electrons. The van der Waals surface area contributed by atoms with E-state index in [1.165, 1.54) is 6.07 Å². The minimum absolute atomic E-state index is 0.209. The third kappa shape index (κ3) is 3.27. The fourth-order valence-corrected chi connectivity index (χ4v) is 1.19. The lowest BCUT2D eigenvalue weighted by Gasteiger charge is -2.08. The van der Waals surface area contributed by atoms with E-state index in [0.29, 0.717) is 11.3 Å². The van der Waals surface area contributed by atoms with Gasteiger partial charge in [-0.2, -0.15) is 13.2 Å². The van der Waals surface area contributed by atoms with Crippen LogP contribution in [0.3, 0.4) is 0 Å². The number of halogens is 3. The van der Waals surface area contributed by atoms with E-state index < -0.39 is 11.7 Å². The van der Waals surface area contributed by atoms with Crippen molar-refractivity contribution in [1.82, 2.24) is 0 Å². The van der Waals surface area contributed by atoms with Crippen LogP contribution < -0.4 is 0 Å². The van der Waals surface area contributed by atoms with Crippen molar-refractivity contribution in [3.63, 3.8) is 0 Å². The molecule has 1 N–H and O–H groups in total. The predicted octanol–water partition coefficient (Wildman–Crippen LogP) is 3.10. The summed E-state index contributed by atoms with van der Waals surface area (Å²) in [5, 5.41) is 11.3. The molecule has 0 saturated carbocycles. The van der Waals surface area contributed by atoms with E-state index >= 15 is 0 Å². The van der Waals surface area contributed by atoms with Gasteiger partial charge in [-0.25, -0.2) is 0 Å². The Balaban J connectivity index is 2.93. The van der Waals surface area contributed by atoms with Crippen LogP contribution in [-0.4, -0.2) is 10.9 Å². The van der Waals surface area contributed by atoms with Crippen molar-refractivity contribution in [2.45, 2.75) is 19.5 Å². The summed E-state index contributed by atoms with van der Waals surface area (Å²) in [5.41, 5.74) is 0.153. The lowest BCUT2D eigenvalue weighted by molar-refractivity contribution is -0.137. The monoisotopic (exact) mass is 217 g/mol. The molecule has 2 nitrogen and oxygen atoms in total. The van der Waals surface area contributed by atoms with Crippen LogP contribution >= 0.6 is 0 Å². The Morgan fingerprint density at radius 1 is 1.40 bits per heavy atom. The van der Waals surface area contributed by atoms with E-state index in [-0.39, 0.29) is 6.42 Å². The molecule has 82 valence electrons. The Kier molecular flexibility index (Phi) is 3.34. The molecule has 0 aliphatic heterocycles. The average Bonchev–Trinajstić information content (AvgIpc) is 2.17. The largest absolute Gasteiger partial charge is 0.416 e. The Morgan fingerprint density at radius 3 is 2.60 bits per heavy atom. The summed E-state index contributed by atoms with van der Waals surface area (Å²) in [6.45, 7) is 1.54. The average molecular weight is 217 g/mol. The first-order valence-electron chi connectivity index (χ1n) is 4.27. The Hall–Kier alpha value is -1.52. The first kappa shape index (κ1) is 11.6. The molecule has 0 heterocycles. The zero-order chi connectivity index (χ0) is 11.5. The third-order valence-electron chi connectivity index (χ3n) is 1.88. The number of rotatable bonds is 2. The van der Waals surface area contributed by atoms with Crippen molar-refractivity contribution in [2.75, 3.05) is 0 Å². The molecule has 1 rings (SSSR count). The van der Waals surface area contributed by atoms with Crippen molar-refractivity contribution in [3.05, 3.63) is 35.4 Å². The van der Waals surface area contributed by atoms with Gasteiger partial charge in [-0.05, 0) is 18.6 Å². The fraction of sp³-hybridized carbons (Fsp3) is 0.300. The van der Waals surface area contributed by atoms with E-state index in [2.05, 4.69) is 5.16 Å². The highest BCUT2D eigenvalue weighted by molar-refractivity contribution is 5.83.